The Bertz CT molecular complexity index is 1700. The van der Waals surface area contributed by atoms with Crippen LogP contribution >= 0.6 is 0 Å². The number of hydrogen-bond acceptors (Lipinski definition) is 10. The Morgan fingerprint density at radius 3 is 1.51 bits per heavy atom. The lowest BCUT2D eigenvalue weighted by atomic mass is 9.92. The minimum absolute atomic E-state index is 0. The highest BCUT2D eigenvalue weighted by molar-refractivity contribution is 5.93. The molecule has 11 heteroatoms. The first kappa shape index (κ1) is 79.2. The lowest BCUT2D eigenvalue weighted by Gasteiger charge is -2.21. The number of ether oxygens (including phenoxy) is 3. The van der Waals surface area contributed by atoms with E-state index in [-0.39, 0.29) is 94.1 Å². The van der Waals surface area contributed by atoms with Crippen molar-refractivity contribution in [3.8, 4) is 0 Å². The number of allylic oxidation sites excluding steroid dienone is 6. The quantitative estimate of drug-likeness (QED) is 0.0251. The molecule has 0 aromatic carbocycles. The van der Waals surface area contributed by atoms with Gasteiger partial charge in [-0.25, -0.2) is 0 Å². The molecule has 2 heterocycles. The van der Waals surface area contributed by atoms with Gasteiger partial charge in [-0.2, -0.15) is 0 Å². The van der Waals surface area contributed by atoms with Crippen LogP contribution in [0.1, 0.15) is 287 Å². The number of amides is 1. The number of esters is 2. The van der Waals surface area contributed by atoms with Crippen LogP contribution < -0.4 is 0 Å². The van der Waals surface area contributed by atoms with Crippen LogP contribution in [0.2, 0.25) is 0 Å². The number of ketones is 3. The molecule has 0 saturated carbocycles. The average Bonchev–Trinajstić information content (AvgIpc) is 3.69. The van der Waals surface area contributed by atoms with Crippen molar-refractivity contribution < 1.29 is 43.0 Å². The van der Waals surface area contributed by atoms with Crippen molar-refractivity contribution in [1.29, 1.82) is 0 Å². The maximum atomic E-state index is 13.2. The van der Waals surface area contributed by atoms with Gasteiger partial charge in [0.05, 0.1) is 25.5 Å². The van der Waals surface area contributed by atoms with Gasteiger partial charge >= 0.3 is 11.9 Å². The van der Waals surface area contributed by atoms with E-state index in [1.807, 2.05) is 30.9 Å². The molecule has 11 nitrogen and oxygen atoms in total. The number of rotatable bonds is 48. The molecule has 5 atom stereocenters. The Labute approximate surface area is 498 Å². The van der Waals surface area contributed by atoms with E-state index in [1.165, 1.54) is 141 Å². The summed E-state index contributed by atoms with van der Waals surface area (Å²) in [7, 11) is 2.13. The van der Waals surface area contributed by atoms with Crippen molar-refractivity contribution in [3.05, 3.63) is 49.3 Å². The Morgan fingerprint density at radius 1 is 0.543 bits per heavy atom. The third-order valence-corrected chi connectivity index (χ3v) is 15.9. The fourth-order valence-corrected chi connectivity index (χ4v) is 10.8. The highest BCUT2D eigenvalue weighted by atomic mass is 16.5. The number of unbranched alkanes of at least 4 members (excludes halogenated alkanes) is 24. The lowest BCUT2D eigenvalue weighted by Crippen LogP contribution is -2.32. The molecule has 470 valence electrons. The SMILES string of the molecule is C.C.C=CC(=O)CC(CC(=O)/C=C\CCCCCCCCCCCCCCCO/C(=C/C)CC(CC(=O)C=C)CC(=O)OCCCCCCCC)CC(=O)O[C@H]1CN(C(=O)CC2CCCN(C)CC2)C[C@@H]1C.CCCCCCCCC. The van der Waals surface area contributed by atoms with E-state index >= 15 is 0 Å². The van der Waals surface area contributed by atoms with Gasteiger partial charge in [-0.1, -0.05) is 209 Å². The molecule has 2 saturated heterocycles. The molecular formula is C70H126N2O9. The summed E-state index contributed by atoms with van der Waals surface area (Å²) in [5.41, 5.74) is 0. The van der Waals surface area contributed by atoms with Crippen LogP contribution in [0.4, 0.5) is 0 Å². The second-order valence-corrected chi connectivity index (χ2v) is 23.5. The number of carbonyl (C=O) groups excluding carboxylic acids is 6. The fraction of sp³-hybridized carbons (Fsp3) is 0.800. The predicted octanol–water partition coefficient (Wildman–Crippen LogP) is 18.0. The summed E-state index contributed by atoms with van der Waals surface area (Å²) in [6, 6.07) is 0. The molecule has 1 amide bonds. The molecule has 0 radical (unpaired) electrons. The van der Waals surface area contributed by atoms with E-state index in [2.05, 4.69) is 45.9 Å². The van der Waals surface area contributed by atoms with Crippen molar-refractivity contribution in [2.45, 2.75) is 293 Å². The molecule has 2 rings (SSSR count). The first-order valence-electron chi connectivity index (χ1n) is 32.4. The summed E-state index contributed by atoms with van der Waals surface area (Å²) < 4.78 is 17.5. The molecule has 2 aliphatic rings. The van der Waals surface area contributed by atoms with E-state index in [1.54, 1.807) is 6.08 Å². The van der Waals surface area contributed by atoms with Gasteiger partial charge in [0.25, 0.3) is 0 Å². The van der Waals surface area contributed by atoms with E-state index in [4.69, 9.17) is 14.2 Å². The Balaban J connectivity index is 0. The van der Waals surface area contributed by atoms with Crippen molar-refractivity contribution in [3.63, 3.8) is 0 Å². The van der Waals surface area contributed by atoms with Gasteiger partial charge in [0.2, 0.25) is 5.91 Å². The van der Waals surface area contributed by atoms with Crippen molar-refractivity contribution in [1.82, 2.24) is 9.80 Å². The lowest BCUT2D eigenvalue weighted by molar-refractivity contribution is -0.152. The number of nitrogens with zero attached hydrogens (tertiary/aromatic N) is 2. The maximum Gasteiger partial charge on any atom is 0.306 e. The summed E-state index contributed by atoms with van der Waals surface area (Å²) in [5.74, 6) is -0.255. The van der Waals surface area contributed by atoms with Crippen LogP contribution in [-0.2, 0) is 43.0 Å². The van der Waals surface area contributed by atoms with Crippen LogP contribution in [0, 0.1) is 23.7 Å². The Hall–Kier alpha value is -3.86. The zero-order chi connectivity index (χ0) is 58.1. The van der Waals surface area contributed by atoms with Gasteiger partial charge in [-0.3, -0.25) is 28.8 Å². The molecule has 0 aromatic heterocycles. The van der Waals surface area contributed by atoms with Crippen LogP contribution in [0.3, 0.4) is 0 Å². The first-order valence-corrected chi connectivity index (χ1v) is 32.4. The summed E-state index contributed by atoms with van der Waals surface area (Å²) in [6.45, 7) is 22.0. The second kappa shape index (κ2) is 54.1. The molecule has 0 N–H and O–H groups in total. The Kier molecular flexibility index (Phi) is 52.9. The number of hydrogen-bond donors (Lipinski definition) is 0. The van der Waals surface area contributed by atoms with Gasteiger partial charge in [-0.05, 0) is 114 Å². The van der Waals surface area contributed by atoms with Gasteiger partial charge in [0.15, 0.2) is 17.3 Å². The molecular weight excluding hydrogens is 1010 g/mol. The molecule has 0 bridgehead atoms. The van der Waals surface area contributed by atoms with Crippen LogP contribution in [0.5, 0.6) is 0 Å². The molecule has 2 aliphatic heterocycles. The van der Waals surface area contributed by atoms with Crippen molar-refractivity contribution in [2.24, 2.45) is 23.7 Å². The van der Waals surface area contributed by atoms with E-state index in [0.29, 0.717) is 45.1 Å². The minimum Gasteiger partial charge on any atom is -0.498 e. The molecule has 0 spiro atoms. The fourth-order valence-electron chi connectivity index (χ4n) is 10.8. The third-order valence-electron chi connectivity index (χ3n) is 15.9. The highest BCUT2D eigenvalue weighted by Gasteiger charge is 2.36. The van der Waals surface area contributed by atoms with Crippen molar-refractivity contribution >= 4 is 35.2 Å². The molecule has 81 heavy (non-hydrogen) atoms. The maximum absolute atomic E-state index is 13.2. The van der Waals surface area contributed by atoms with Crippen molar-refractivity contribution in [2.75, 3.05) is 46.4 Å². The molecule has 0 aliphatic carbocycles. The van der Waals surface area contributed by atoms with E-state index < -0.39 is 11.9 Å². The highest BCUT2D eigenvalue weighted by Crippen LogP contribution is 2.27. The third kappa shape index (κ3) is 44.4. The van der Waals surface area contributed by atoms with Crippen LogP contribution in [0.15, 0.2) is 49.3 Å². The van der Waals surface area contributed by atoms with Crippen LogP contribution in [0.25, 0.3) is 0 Å². The van der Waals surface area contributed by atoms with E-state index in [0.717, 1.165) is 83.1 Å². The summed E-state index contributed by atoms with van der Waals surface area (Å²) >= 11 is 0. The second-order valence-electron chi connectivity index (χ2n) is 23.5. The van der Waals surface area contributed by atoms with Crippen LogP contribution in [-0.4, -0.2) is 97.5 Å². The Morgan fingerprint density at radius 2 is 1.00 bits per heavy atom. The van der Waals surface area contributed by atoms with Gasteiger partial charge < -0.3 is 24.0 Å². The molecule has 0 aromatic rings. The number of likely N-dealkylation sites (tertiary alicyclic amines) is 2. The van der Waals surface area contributed by atoms with Gasteiger partial charge in [-0.15, -0.1) is 0 Å². The minimum atomic E-state index is -0.459. The monoisotopic (exact) mass is 1140 g/mol. The average molecular weight is 1140 g/mol. The standard InChI is InChI=1S/C59H98N2O9.C9H20.2CH4/c1-7-11-12-13-26-30-38-69-58(66)44-51(40-53(63)9-3)42-55(10-4)68-37-29-27-24-22-20-18-16-14-15-17-19-21-23-25-28-33-54(64)41-50(39-52(62)8-2)45-59(67)70-56-47-61(46-48(56)5)57(65)43-49-32-31-35-60(6)36-34-49;1-3-5-7-9-8-6-4-2;;/h8-10,28,33,48-51,56H,2-3,7,11-27,29-32,34-47H2,1,4-6H3;3-9H2,1-2H3;2*1H4/b33-28-,55-10+;;;/t48-,49?,50?,51?,56-;;;/m0.../s1. The summed E-state index contributed by atoms with van der Waals surface area (Å²) in [6.07, 6.45) is 45.6. The van der Waals surface area contributed by atoms with Gasteiger partial charge in [0.1, 0.15) is 6.10 Å². The molecule has 2 fully saturated rings. The topological polar surface area (TPSA) is 137 Å². The first-order chi connectivity index (χ1) is 38.3. The zero-order valence-electron chi connectivity index (χ0n) is 51.7. The predicted molar refractivity (Wildman–Crippen MR) is 340 cm³/mol. The summed E-state index contributed by atoms with van der Waals surface area (Å²) in [4.78, 5) is 80.4. The normalized spacial score (nSPS) is 17.1. The van der Waals surface area contributed by atoms with Gasteiger partial charge in [0, 0.05) is 57.4 Å². The number of carbonyl (C=O) groups is 6. The smallest absolute Gasteiger partial charge is 0.306 e. The molecule has 3 unspecified atom stereocenters. The summed E-state index contributed by atoms with van der Waals surface area (Å²) in [5, 5.41) is 0. The largest absolute Gasteiger partial charge is 0.498 e. The van der Waals surface area contributed by atoms with E-state index in [9.17, 15) is 28.8 Å². The zero-order valence-corrected chi connectivity index (χ0v) is 51.7.